The van der Waals surface area contributed by atoms with E-state index in [1.807, 2.05) is 63.2 Å². The van der Waals surface area contributed by atoms with Crippen LogP contribution in [-0.4, -0.2) is 28.4 Å². The second-order valence-electron chi connectivity index (χ2n) is 10.0. The molecule has 4 nitrogen and oxygen atoms in total. The van der Waals surface area contributed by atoms with Gasteiger partial charge in [-0.1, -0.05) is 66.7 Å². The molecule has 1 atom stereocenters. The summed E-state index contributed by atoms with van der Waals surface area (Å²) in [6, 6.07) is 20.4. The monoisotopic (exact) mass is 507 g/mol. The van der Waals surface area contributed by atoms with Gasteiger partial charge in [-0.25, -0.2) is 4.21 Å². The standard InChI is InChI=1S/C31H41NO3S/c1-5-21-31(26-34-24-28-17-11-9-12-18-28,27-35-25-29-19-13-10-14-20-29)22-15-7-6-8-16-23-32-36(33)30(2,3)4/h5,9-14,17-20,23H,1,6,8,16,21-22,24-27H2,2-4H3/b32-23+. The molecule has 2 rings (SSSR count). The van der Waals surface area contributed by atoms with E-state index in [9.17, 15) is 4.21 Å². The van der Waals surface area contributed by atoms with Crippen molar-refractivity contribution in [3.63, 3.8) is 0 Å². The van der Waals surface area contributed by atoms with Gasteiger partial charge in [0, 0.05) is 24.5 Å². The maximum absolute atomic E-state index is 12.0. The third-order valence-electron chi connectivity index (χ3n) is 5.53. The van der Waals surface area contributed by atoms with Gasteiger partial charge in [0.2, 0.25) is 0 Å². The minimum atomic E-state index is -1.20. The molecule has 0 amide bonds. The molecule has 0 aliphatic carbocycles. The van der Waals surface area contributed by atoms with Crippen molar-refractivity contribution >= 4 is 17.2 Å². The second-order valence-corrected chi connectivity index (χ2v) is 12.0. The average molecular weight is 508 g/mol. The predicted molar refractivity (Wildman–Crippen MR) is 152 cm³/mol. The molecule has 2 aromatic rings. The molecular weight excluding hydrogens is 466 g/mol. The lowest BCUT2D eigenvalue weighted by atomic mass is 9.82. The van der Waals surface area contributed by atoms with E-state index in [4.69, 9.17) is 9.47 Å². The quantitative estimate of drug-likeness (QED) is 0.112. The van der Waals surface area contributed by atoms with Crippen molar-refractivity contribution in [2.45, 2.75) is 70.8 Å². The third-order valence-corrected chi connectivity index (χ3v) is 6.92. The lowest BCUT2D eigenvalue weighted by Crippen LogP contribution is -2.32. The average Bonchev–Trinajstić information content (AvgIpc) is 2.86. The first kappa shape index (κ1) is 29.7. The maximum atomic E-state index is 12.0. The number of nitrogens with zero attached hydrogens (tertiary/aromatic N) is 1. The van der Waals surface area contributed by atoms with Crippen molar-refractivity contribution in [2.24, 2.45) is 9.81 Å². The SMILES string of the molecule is C=CCC(CC#CCCC/C=N/S(=O)C(C)(C)C)(COCc1ccccc1)COCc1ccccc1. The number of allylic oxidation sites excluding steroid dienone is 1. The van der Waals surface area contributed by atoms with Crippen LogP contribution in [0.1, 0.15) is 64.0 Å². The van der Waals surface area contributed by atoms with Crippen LogP contribution in [-0.2, 0) is 33.7 Å². The Morgan fingerprint density at radius 2 is 1.47 bits per heavy atom. The number of ether oxygens (including phenoxy) is 2. The molecule has 0 heterocycles. The zero-order chi connectivity index (χ0) is 26.1. The summed E-state index contributed by atoms with van der Waals surface area (Å²) in [4.78, 5) is 0. The Labute approximate surface area is 220 Å². The number of hydrogen-bond donors (Lipinski definition) is 0. The molecule has 5 heteroatoms. The molecule has 0 aromatic heterocycles. The van der Waals surface area contributed by atoms with Gasteiger partial charge in [-0.2, -0.15) is 4.40 Å². The smallest absolute Gasteiger partial charge is 0.144 e. The third kappa shape index (κ3) is 11.9. The van der Waals surface area contributed by atoms with Crippen LogP contribution >= 0.6 is 0 Å². The molecule has 0 spiro atoms. The van der Waals surface area contributed by atoms with Crippen LogP contribution in [0.2, 0.25) is 0 Å². The van der Waals surface area contributed by atoms with Crippen LogP contribution in [0.3, 0.4) is 0 Å². The zero-order valence-corrected chi connectivity index (χ0v) is 22.9. The number of rotatable bonds is 15. The lowest BCUT2D eigenvalue weighted by molar-refractivity contribution is -0.0293. The van der Waals surface area contributed by atoms with E-state index in [0.717, 1.165) is 36.8 Å². The molecule has 0 saturated heterocycles. The van der Waals surface area contributed by atoms with Crippen molar-refractivity contribution < 1.29 is 13.7 Å². The summed E-state index contributed by atoms with van der Waals surface area (Å²) in [5, 5.41) is 0. The minimum absolute atomic E-state index is 0.261. The summed E-state index contributed by atoms with van der Waals surface area (Å²) < 4.78 is 28.1. The molecule has 194 valence electrons. The van der Waals surface area contributed by atoms with Gasteiger partial charge in [-0.05, 0) is 51.2 Å². The molecule has 2 aromatic carbocycles. The second kappa shape index (κ2) is 16.3. The largest absolute Gasteiger partial charge is 0.376 e. The molecule has 1 unspecified atom stereocenters. The first-order valence-electron chi connectivity index (χ1n) is 12.6. The highest BCUT2D eigenvalue weighted by Gasteiger charge is 2.29. The highest BCUT2D eigenvalue weighted by atomic mass is 32.2. The molecule has 36 heavy (non-hydrogen) atoms. The Morgan fingerprint density at radius 1 is 0.917 bits per heavy atom. The molecular formula is C31H41NO3S. The van der Waals surface area contributed by atoms with Gasteiger partial charge in [-0.3, -0.25) is 0 Å². The zero-order valence-electron chi connectivity index (χ0n) is 22.1. The van der Waals surface area contributed by atoms with Gasteiger partial charge < -0.3 is 9.47 Å². The van der Waals surface area contributed by atoms with Gasteiger partial charge >= 0.3 is 0 Å². The Morgan fingerprint density at radius 3 is 1.97 bits per heavy atom. The van der Waals surface area contributed by atoms with Crippen LogP contribution in [0.25, 0.3) is 0 Å². The summed E-state index contributed by atoms with van der Waals surface area (Å²) in [6.07, 6.45) is 7.57. The fourth-order valence-electron chi connectivity index (χ4n) is 3.46. The van der Waals surface area contributed by atoms with Crippen molar-refractivity contribution in [3.8, 4) is 11.8 Å². The van der Waals surface area contributed by atoms with Crippen molar-refractivity contribution in [1.82, 2.24) is 0 Å². The van der Waals surface area contributed by atoms with E-state index >= 15 is 0 Å². The van der Waals surface area contributed by atoms with E-state index in [1.54, 1.807) is 6.21 Å². The summed E-state index contributed by atoms with van der Waals surface area (Å²) in [5.41, 5.74) is 2.04. The van der Waals surface area contributed by atoms with Crippen molar-refractivity contribution in [3.05, 3.63) is 84.4 Å². The Bertz CT molecular complexity index is 955. The van der Waals surface area contributed by atoms with Crippen LogP contribution in [0.15, 0.2) is 77.7 Å². The van der Waals surface area contributed by atoms with Gasteiger partial charge in [0.05, 0.1) is 31.2 Å². The van der Waals surface area contributed by atoms with Gasteiger partial charge in [-0.15, -0.1) is 18.4 Å². The fourth-order valence-corrected chi connectivity index (χ4v) is 4.01. The van der Waals surface area contributed by atoms with E-state index in [1.165, 1.54) is 0 Å². The van der Waals surface area contributed by atoms with Crippen LogP contribution in [0.5, 0.6) is 0 Å². The van der Waals surface area contributed by atoms with Crippen molar-refractivity contribution in [1.29, 1.82) is 0 Å². The highest BCUT2D eigenvalue weighted by molar-refractivity contribution is 7.85. The van der Waals surface area contributed by atoms with Crippen LogP contribution in [0, 0.1) is 17.3 Å². The van der Waals surface area contributed by atoms with Gasteiger partial charge in [0.25, 0.3) is 0 Å². The summed E-state index contributed by atoms with van der Waals surface area (Å²) >= 11 is 0. The van der Waals surface area contributed by atoms with E-state index in [2.05, 4.69) is 47.1 Å². The topological polar surface area (TPSA) is 47.9 Å². The van der Waals surface area contributed by atoms with Gasteiger partial charge in [0.1, 0.15) is 11.0 Å². The maximum Gasteiger partial charge on any atom is 0.144 e. The predicted octanol–water partition coefficient (Wildman–Crippen LogP) is 7.08. The molecule has 0 radical (unpaired) electrons. The summed E-state index contributed by atoms with van der Waals surface area (Å²) in [7, 11) is -1.20. The van der Waals surface area contributed by atoms with Crippen LogP contribution < -0.4 is 0 Å². The summed E-state index contributed by atoms with van der Waals surface area (Å²) in [5.74, 6) is 6.67. The Hall–Kier alpha value is -2.52. The van der Waals surface area contributed by atoms with E-state index in [-0.39, 0.29) is 10.2 Å². The lowest BCUT2D eigenvalue weighted by Gasteiger charge is -2.31. The molecule has 0 saturated carbocycles. The summed E-state index contributed by atoms with van der Waals surface area (Å²) in [6.45, 7) is 12.0. The van der Waals surface area contributed by atoms with Crippen molar-refractivity contribution in [2.75, 3.05) is 13.2 Å². The molecule has 0 N–H and O–H groups in total. The van der Waals surface area contributed by atoms with E-state index in [0.29, 0.717) is 32.8 Å². The molecule has 0 aliphatic heterocycles. The Balaban J connectivity index is 1.94. The minimum Gasteiger partial charge on any atom is -0.376 e. The van der Waals surface area contributed by atoms with Gasteiger partial charge in [0.15, 0.2) is 0 Å². The molecule has 0 bridgehead atoms. The normalized spacial score (nSPS) is 12.8. The molecule has 0 aliphatic rings. The number of hydrogen-bond acceptors (Lipinski definition) is 3. The molecule has 0 fully saturated rings. The van der Waals surface area contributed by atoms with Crippen LogP contribution in [0.4, 0.5) is 0 Å². The fraction of sp³-hybridized carbons (Fsp3) is 0.452. The number of unbranched alkanes of at least 4 members (excludes halogenated alkanes) is 2. The van der Waals surface area contributed by atoms with E-state index < -0.39 is 11.0 Å². The first-order valence-corrected chi connectivity index (χ1v) is 13.7. The first-order chi connectivity index (χ1) is 17.3. The Kier molecular flexibility index (Phi) is 13.4. The number of benzene rings is 2. The highest BCUT2D eigenvalue weighted by Crippen LogP contribution is 2.29.